The first-order valence-electron chi connectivity index (χ1n) is 9.34. The molecule has 28 heavy (non-hydrogen) atoms. The molecule has 0 fully saturated rings. The molecule has 0 radical (unpaired) electrons. The Balaban J connectivity index is 1.90. The van der Waals surface area contributed by atoms with Gasteiger partial charge in [-0.05, 0) is 48.2 Å². The Labute approximate surface area is 166 Å². The maximum absolute atomic E-state index is 13.3. The van der Waals surface area contributed by atoms with Crippen LogP contribution in [0, 0.1) is 0 Å². The van der Waals surface area contributed by atoms with Gasteiger partial charge >= 0.3 is 0 Å². The molecule has 150 valence electrons. The van der Waals surface area contributed by atoms with Crippen LogP contribution in [0.25, 0.3) is 0 Å². The minimum absolute atomic E-state index is 0.168. The maximum atomic E-state index is 13.3. The van der Waals surface area contributed by atoms with Crippen molar-refractivity contribution in [2.24, 2.45) is 0 Å². The minimum Gasteiger partial charge on any atom is -0.497 e. The Bertz CT molecular complexity index is 941. The standard InChI is InChI=1S/C21H26N2O4S/c1-4-20(21(24)22-14-13-16-7-5-6-8-17(16)15-22)23(28(3,25)26)18-9-11-19(27-2)12-10-18/h5-12,20H,4,13-15H2,1-3H3/t20-/m1/s1. The van der Waals surface area contributed by atoms with Crippen molar-refractivity contribution in [1.29, 1.82) is 0 Å². The van der Waals surface area contributed by atoms with Crippen LogP contribution >= 0.6 is 0 Å². The van der Waals surface area contributed by atoms with E-state index in [2.05, 4.69) is 6.07 Å². The van der Waals surface area contributed by atoms with Gasteiger partial charge in [0.2, 0.25) is 15.9 Å². The molecule has 0 saturated carbocycles. The molecule has 0 aromatic heterocycles. The van der Waals surface area contributed by atoms with E-state index in [-0.39, 0.29) is 5.91 Å². The number of hydrogen-bond donors (Lipinski definition) is 0. The van der Waals surface area contributed by atoms with Gasteiger partial charge in [0.15, 0.2) is 0 Å². The zero-order valence-corrected chi connectivity index (χ0v) is 17.3. The third-order valence-corrected chi connectivity index (χ3v) is 6.26. The van der Waals surface area contributed by atoms with Crippen LogP contribution in [0.2, 0.25) is 0 Å². The average Bonchev–Trinajstić information content (AvgIpc) is 2.70. The molecule has 1 atom stereocenters. The van der Waals surface area contributed by atoms with E-state index < -0.39 is 16.1 Å². The van der Waals surface area contributed by atoms with Gasteiger partial charge < -0.3 is 9.64 Å². The van der Waals surface area contributed by atoms with Crippen molar-refractivity contribution in [3.05, 3.63) is 59.7 Å². The summed E-state index contributed by atoms with van der Waals surface area (Å²) in [4.78, 5) is 15.1. The molecule has 7 heteroatoms. The summed E-state index contributed by atoms with van der Waals surface area (Å²) >= 11 is 0. The summed E-state index contributed by atoms with van der Waals surface area (Å²) in [5.41, 5.74) is 2.82. The summed E-state index contributed by atoms with van der Waals surface area (Å²) in [5, 5.41) is 0. The Hall–Kier alpha value is -2.54. The summed E-state index contributed by atoms with van der Waals surface area (Å²) in [6.07, 6.45) is 2.30. The van der Waals surface area contributed by atoms with Crippen molar-refractivity contribution >= 4 is 21.6 Å². The summed E-state index contributed by atoms with van der Waals surface area (Å²) in [6, 6.07) is 14.0. The Morgan fingerprint density at radius 2 is 1.79 bits per heavy atom. The highest BCUT2D eigenvalue weighted by Crippen LogP contribution is 2.27. The number of hydrogen-bond acceptors (Lipinski definition) is 4. The van der Waals surface area contributed by atoms with Gasteiger partial charge in [-0.3, -0.25) is 9.10 Å². The highest BCUT2D eigenvalue weighted by atomic mass is 32.2. The largest absolute Gasteiger partial charge is 0.497 e. The summed E-state index contributed by atoms with van der Waals surface area (Å²) in [5.74, 6) is 0.461. The second kappa shape index (κ2) is 8.22. The number of amides is 1. The number of carbonyl (C=O) groups is 1. The lowest BCUT2D eigenvalue weighted by Crippen LogP contribution is -2.51. The van der Waals surface area contributed by atoms with Crippen molar-refractivity contribution in [3.8, 4) is 5.75 Å². The molecule has 1 amide bonds. The molecular weight excluding hydrogens is 376 g/mol. The van der Waals surface area contributed by atoms with Crippen molar-refractivity contribution in [1.82, 2.24) is 4.90 Å². The molecule has 3 rings (SSSR count). The lowest BCUT2D eigenvalue weighted by molar-refractivity contribution is -0.133. The van der Waals surface area contributed by atoms with Crippen LogP contribution in [0.5, 0.6) is 5.75 Å². The molecule has 0 spiro atoms. The van der Waals surface area contributed by atoms with Crippen LogP contribution in [-0.4, -0.2) is 45.2 Å². The third-order valence-electron chi connectivity index (χ3n) is 5.08. The molecule has 0 saturated heterocycles. The van der Waals surface area contributed by atoms with Gasteiger partial charge in [0.05, 0.1) is 19.1 Å². The highest BCUT2D eigenvalue weighted by Gasteiger charge is 2.35. The fourth-order valence-electron chi connectivity index (χ4n) is 3.67. The number of anilines is 1. The van der Waals surface area contributed by atoms with E-state index in [1.165, 1.54) is 9.87 Å². The van der Waals surface area contributed by atoms with Crippen molar-refractivity contribution < 1.29 is 17.9 Å². The molecule has 1 heterocycles. The molecule has 0 N–H and O–H groups in total. The van der Waals surface area contributed by atoms with Crippen LogP contribution in [0.3, 0.4) is 0 Å². The molecule has 2 aromatic rings. The Morgan fingerprint density at radius 1 is 1.14 bits per heavy atom. The van der Waals surface area contributed by atoms with Gasteiger partial charge in [-0.15, -0.1) is 0 Å². The summed E-state index contributed by atoms with van der Waals surface area (Å²) in [6.45, 7) is 2.93. The minimum atomic E-state index is -3.65. The summed E-state index contributed by atoms with van der Waals surface area (Å²) in [7, 11) is -2.10. The van der Waals surface area contributed by atoms with Crippen LogP contribution in [-0.2, 0) is 27.8 Å². The molecule has 0 aliphatic carbocycles. The monoisotopic (exact) mass is 402 g/mol. The fraction of sp³-hybridized carbons (Fsp3) is 0.381. The van der Waals surface area contributed by atoms with Crippen LogP contribution in [0.15, 0.2) is 48.5 Å². The van der Waals surface area contributed by atoms with E-state index in [0.29, 0.717) is 30.9 Å². The first-order valence-corrected chi connectivity index (χ1v) is 11.2. The fourth-order valence-corrected chi connectivity index (χ4v) is 4.87. The van der Waals surface area contributed by atoms with Crippen LogP contribution in [0.1, 0.15) is 24.5 Å². The number of nitrogens with zero attached hydrogens (tertiary/aromatic N) is 2. The first-order chi connectivity index (χ1) is 13.3. The number of rotatable bonds is 6. The second-order valence-electron chi connectivity index (χ2n) is 6.96. The molecule has 0 unspecified atom stereocenters. The zero-order chi connectivity index (χ0) is 20.3. The lowest BCUT2D eigenvalue weighted by atomic mass is 9.99. The normalized spacial score (nSPS) is 14.9. The number of methoxy groups -OCH3 is 1. The van der Waals surface area contributed by atoms with Crippen LogP contribution in [0.4, 0.5) is 5.69 Å². The van der Waals surface area contributed by atoms with Crippen molar-refractivity contribution in [2.45, 2.75) is 32.4 Å². The van der Waals surface area contributed by atoms with Gasteiger partial charge in [0.25, 0.3) is 0 Å². The molecule has 1 aliphatic rings. The number of benzene rings is 2. The van der Waals surface area contributed by atoms with E-state index in [4.69, 9.17) is 4.74 Å². The Kier molecular flexibility index (Phi) is 5.93. The predicted octanol–water partition coefficient (Wildman–Crippen LogP) is 2.82. The molecular formula is C21H26N2O4S. The zero-order valence-electron chi connectivity index (χ0n) is 16.5. The number of ether oxygens (including phenoxy) is 1. The van der Waals surface area contributed by atoms with E-state index in [1.807, 2.05) is 25.1 Å². The van der Waals surface area contributed by atoms with E-state index in [0.717, 1.165) is 18.2 Å². The van der Waals surface area contributed by atoms with Crippen molar-refractivity contribution in [2.75, 3.05) is 24.2 Å². The Morgan fingerprint density at radius 3 is 2.36 bits per heavy atom. The van der Waals surface area contributed by atoms with Crippen molar-refractivity contribution in [3.63, 3.8) is 0 Å². The second-order valence-corrected chi connectivity index (χ2v) is 8.82. The molecule has 6 nitrogen and oxygen atoms in total. The van der Waals surface area contributed by atoms with Crippen LogP contribution < -0.4 is 9.04 Å². The van der Waals surface area contributed by atoms with E-state index in [9.17, 15) is 13.2 Å². The number of fused-ring (bicyclic) bond motifs is 1. The summed E-state index contributed by atoms with van der Waals surface area (Å²) < 4.78 is 31.6. The lowest BCUT2D eigenvalue weighted by Gasteiger charge is -2.36. The maximum Gasteiger partial charge on any atom is 0.246 e. The van der Waals surface area contributed by atoms with E-state index in [1.54, 1.807) is 36.3 Å². The van der Waals surface area contributed by atoms with Gasteiger partial charge in [0, 0.05) is 13.1 Å². The predicted molar refractivity (Wildman–Crippen MR) is 110 cm³/mol. The first kappa shape index (κ1) is 20.2. The quantitative estimate of drug-likeness (QED) is 0.745. The van der Waals surface area contributed by atoms with Gasteiger partial charge in [-0.25, -0.2) is 8.42 Å². The topological polar surface area (TPSA) is 66.9 Å². The third kappa shape index (κ3) is 4.14. The van der Waals surface area contributed by atoms with Gasteiger partial charge in [-0.1, -0.05) is 31.2 Å². The SMILES string of the molecule is CC[C@H](C(=O)N1CCc2ccccc2C1)N(c1ccc(OC)cc1)S(C)(=O)=O. The van der Waals surface area contributed by atoms with Gasteiger partial charge in [-0.2, -0.15) is 0 Å². The smallest absolute Gasteiger partial charge is 0.246 e. The highest BCUT2D eigenvalue weighted by molar-refractivity contribution is 7.92. The number of sulfonamides is 1. The number of carbonyl (C=O) groups excluding carboxylic acids is 1. The van der Waals surface area contributed by atoms with Gasteiger partial charge in [0.1, 0.15) is 11.8 Å². The average molecular weight is 403 g/mol. The molecule has 1 aliphatic heterocycles. The molecule has 2 aromatic carbocycles. The molecule has 0 bridgehead atoms. The van der Waals surface area contributed by atoms with E-state index >= 15 is 0 Å².